The van der Waals surface area contributed by atoms with Crippen molar-refractivity contribution < 1.29 is 4.52 Å². The summed E-state index contributed by atoms with van der Waals surface area (Å²) in [6.07, 6.45) is 0. The highest BCUT2D eigenvalue weighted by Crippen LogP contribution is 2.24. The van der Waals surface area contributed by atoms with Crippen LogP contribution in [0.5, 0.6) is 0 Å². The molecule has 0 atom stereocenters. The first kappa shape index (κ1) is 11.5. The molecule has 6 heteroatoms. The molecule has 0 saturated carbocycles. The summed E-state index contributed by atoms with van der Waals surface area (Å²) in [7, 11) is 1.75. The van der Waals surface area contributed by atoms with E-state index in [0.717, 1.165) is 4.47 Å². The SMILES string of the molecule is CNc1nc(CSc2cccc(Br)c2)no1. The minimum absolute atomic E-state index is 0.449. The molecule has 2 rings (SSSR count). The molecule has 4 nitrogen and oxygen atoms in total. The number of anilines is 1. The minimum atomic E-state index is 0.449. The first-order valence-electron chi connectivity index (χ1n) is 4.66. The summed E-state index contributed by atoms with van der Waals surface area (Å²) in [5.41, 5.74) is 0. The van der Waals surface area contributed by atoms with Gasteiger partial charge in [0.1, 0.15) is 0 Å². The molecule has 1 N–H and O–H groups in total. The van der Waals surface area contributed by atoms with E-state index >= 15 is 0 Å². The van der Waals surface area contributed by atoms with Crippen molar-refractivity contribution in [3.8, 4) is 0 Å². The van der Waals surface area contributed by atoms with Gasteiger partial charge in [-0.2, -0.15) is 4.98 Å². The zero-order valence-electron chi connectivity index (χ0n) is 8.61. The van der Waals surface area contributed by atoms with Gasteiger partial charge in [0.05, 0.1) is 5.75 Å². The molecule has 1 heterocycles. The Morgan fingerprint density at radius 2 is 2.38 bits per heavy atom. The normalized spacial score (nSPS) is 10.4. The van der Waals surface area contributed by atoms with E-state index in [0.29, 0.717) is 17.6 Å². The van der Waals surface area contributed by atoms with Gasteiger partial charge in [0.2, 0.25) is 0 Å². The topological polar surface area (TPSA) is 51.0 Å². The van der Waals surface area contributed by atoms with E-state index in [2.05, 4.69) is 43.5 Å². The van der Waals surface area contributed by atoms with Crippen molar-refractivity contribution in [2.75, 3.05) is 12.4 Å². The molecule has 0 aliphatic rings. The molecule has 1 aromatic carbocycles. The molecule has 0 bridgehead atoms. The number of halogens is 1. The molecule has 0 unspecified atom stereocenters. The molecule has 0 spiro atoms. The lowest BCUT2D eigenvalue weighted by atomic mass is 10.4. The van der Waals surface area contributed by atoms with Crippen molar-refractivity contribution in [3.05, 3.63) is 34.6 Å². The summed E-state index contributed by atoms with van der Waals surface area (Å²) in [4.78, 5) is 5.32. The van der Waals surface area contributed by atoms with E-state index in [9.17, 15) is 0 Å². The van der Waals surface area contributed by atoms with E-state index in [4.69, 9.17) is 4.52 Å². The number of hydrogen-bond acceptors (Lipinski definition) is 5. The maximum Gasteiger partial charge on any atom is 0.321 e. The minimum Gasteiger partial charge on any atom is -0.341 e. The molecule has 2 aromatic rings. The number of aromatic nitrogens is 2. The van der Waals surface area contributed by atoms with Crippen LogP contribution in [0.1, 0.15) is 5.82 Å². The van der Waals surface area contributed by atoms with Gasteiger partial charge in [-0.1, -0.05) is 27.2 Å². The lowest BCUT2D eigenvalue weighted by Crippen LogP contribution is -1.88. The van der Waals surface area contributed by atoms with E-state index in [-0.39, 0.29) is 0 Å². The lowest BCUT2D eigenvalue weighted by molar-refractivity contribution is 0.427. The Morgan fingerprint density at radius 1 is 1.50 bits per heavy atom. The second kappa shape index (κ2) is 5.36. The Morgan fingerprint density at radius 3 is 3.06 bits per heavy atom. The first-order valence-corrected chi connectivity index (χ1v) is 6.44. The number of nitrogens with zero attached hydrogens (tertiary/aromatic N) is 2. The van der Waals surface area contributed by atoms with Crippen LogP contribution < -0.4 is 5.32 Å². The molecule has 1 aromatic heterocycles. The molecule has 0 fully saturated rings. The summed E-state index contributed by atoms with van der Waals surface area (Å²) in [6.45, 7) is 0. The van der Waals surface area contributed by atoms with E-state index in [1.54, 1.807) is 18.8 Å². The van der Waals surface area contributed by atoms with Crippen molar-refractivity contribution in [2.24, 2.45) is 0 Å². The second-order valence-electron chi connectivity index (χ2n) is 3.01. The van der Waals surface area contributed by atoms with Crippen LogP contribution in [0.15, 0.2) is 38.2 Å². The second-order valence-corrected chi connectivity index (χ2v) is 4.98. The summed E-state index contributed by atoms with van der Waals surface area (Å²) in [5.74, 6) is 1.39. The smallest absolute Gasteiger partial charge is 0.321 e. The Kier molecular flexibility index (Phi) is 3.84. The number of thioether (sulfide) groups is 1. The highest BCUT2D eigenvalue weighted by atomic mass is 79.9. The van der Waals surface area contributed by atoms with E-state index in [1.165, 1.54) is 4.90 Å². The average molecular weight is 300 g/mol. The third kappa shape index (κ3) is 2.99. The quantitative estimate of drug-likeness (QED) is 0.879. The van der Waals surface area contributed by atoms with Gasteiger partial charge in [0, 0.05) is 16.4 Å². The number of benzene rings is 1. The molecule has 84 valence electrons. The molecule has 0 radical (unpaired) electrons. The van der Waals surface area contributed by atoms with Crippen LogP contribution in [0.25, 0.3) is 0 Å². The summed E-state index contributed by atoms with van der Waals surface area (Å²) in [6, 6.07) is 8.56. The predicted octanol–water partition coefficient (Wildman–Crippen LogP) is 3.17. The van der Waals surface area contributed by atoms with Crippen molar-refractivity contribution in [3.63, 3.8) is 0 Å². The van der Waals surface area contributed by atoms with Gasteiger partial charge in [0.15, 0.2) is 5.82 Å². The molecular weight excluding hydrogens is 290 g/mol. The van der Waals surface area contributed by atoms with Gasteiger partial charge < -0.3 is 9.84 Å². The first-order chi connectivity index (χ1) is 7.78. The van der Waals surface area contributed by atoms with Gasteiger partial charge in [-0.15, -0.1) is 11.8 Å². The summed E-state index contributed by atoms with van der Waals surface area (Å²) < 4.78 is 6.00. The summed E-state index contributed by atoms with van der Waals surface area (Å²) >= 11 is 5.10. The molecule has 0 amide bonds. The highest BCUT2D eigenvalue weighted by molar-refractivity contribution is 9.10. The van der Waals surface area contributed by atoms with Gasteiger partial charge in [-0.3, -0.25) is 0 Å². The molecule has 0 aliphatic carbocycles. The maximum atomic E-state index is 4.93. The van der Waals surface area contributed by atoms with Crippen molar-refractivity contribution in [1.82, 2.24) is 10.1 Å². The van der Waals surface area contributed by atoms with Crippen molar-refractivity contribution in [1.29, 1.82) is 0 Å². The Bertz CT molecular complexity index is 475. The molecule has 16 heavy (non-hydrogen) atoms. The number of rotatable bonds is 4. The Labute approximate surface area is 106 Å². The molecular formula is C10H10BrN3OS. The predicted molar refractivity (Wildman–Crippen MR) is 67.5 cm³/mol. The average Bonchev–Trinajstić information content (AvgIpc) is 2.74. The van der Waals surface area contributed by atoms with Crippen LogP contribution in [0.3, 0.4) is 0 Å². The van der Waals surface area contributed by atoms with Crippen LogP contribution in [0.4, 0.5) is 6.01 Å². The van der Waals surface area contributed by atoms with Gasteiger partial charge >= 0.3 is 6.01 Å². The largest absolute Gasteiger partial charge is 0.341 e. The Balaban J connectivity index is 1.96. The summed E-state index contributed by atoms with van der Waals surface area (Å²) in [5, 5.41) is 6.64. The third-order valence-electron chi connectivity index (χ3n) is 1.85. The van der Waals surface area contributed by atoms with Crippen LogP contribution in [-0.2, 0) is 5.75 Å². The van der Waals surface area contributed by atoms with Crippen LogP contribution in [0, 0.1) is 0 Å². The zero-order valence-corrected chi connectivity index (χ0v) is 11.0. The van der Waals surface area contributed by atoms with Gasteiger partial charge in [-0.05, 0) is 18.2 Å². The van der Waals surface area contributed by atoms with E-state index < -0.39 is 0 Å². The van der Waals surface area contributed by atoms with Crippen LogP contribution >= 0.6 is 27.7 Å². The fourth-order valence-corrected chi connectivity index (χ4v) is 2.47. The molecule has 0 saturated heterocycles. The van der Waals surface area contributed by atoms with Crippen molar-refractivity contribution >= 4 is 33.7 Å². The lowest BCUT2D eigenvalue weighted by Gasteiger charge is -1.98. The third-order valence-corrected chi connectivity index (χ3v) is 3.33. The monoisotopic (exact) mass is 299 g/mol. The molecule has 0 aliphatic heterocycles. The fraction of sp³-hybridized carbons (Fsp3) is 0.200. The van der Waals surface area contributed by atoms with Crippen LogP contribution in [-0.4, -0.2) is 17.2 Å². The van der Waals surface area contributed by atoms with Crippen LogP contribution in [0.2, 0.25) is 0 Å². The zero-order chi connectivity index (χ0) is 11.4. The van der Waals surface area contributed by atoms with Gasteiger partial charge in [0.25, 0.3) is 0 Å². The van der Waals surface area contributed by atoms with E-state index in [1.807, 2.05) is 12.1 Å². The highest BCUT2D eigenvalue weighted by Gasteiger charge is 2.04. The van der Waals surface area contributed by atoms with Gasteiger partial charge in [-0.25, -0.2) is 0 Å². The number of hydrogen-bond donors (Lipinski definition) is 1. The number of nitrogens with one attached hydrogen (secondary N) is 1. The maximum absolute atomic E-state index is 4.93. The Hall–Kier alpha value is -1.01. The standard InChI is InChI=1S/C10H10BrN3OS/c1-12-10-13-9(14-15-10)6-16-8-4-2-3-7(11)5-8/h2-5H,6H2,1H3,(H,12,13,14). The van der Waals surface area contributed by atoms with Crippen molar-refractivity contribution in [2.45, 2.75) is 10.6 Å². The fourth-order valence-electron chi connectivity index (χ4n) is 1.12.